The molecule has 1 heteroatoms. The van der Waals surface area contributed by atoms with Gasteiger partial charge in [0, 0.05) is 6.04 Å². The molecule has 1 unspecified atom stereocenters. The minimum absolute atomic E-state index is 0.522. The molecule has 0 aliphatic carbocycles. The van der Waals surface area contributed by atoms with E-state index in [2.05, 4.69) is 57.3 Å². The van der Waals surface area contributed by atoms with Crippen LogP contribution in [0.3, 0.4) is 0 Å². The van der Waals surface area contributed by atoms with Gasteiger partial charge in [-0.1, -0.05) is 52.0 Å². The van der Waals surface area contributed by atoms with Crippen LogP contribution in [0.5, 0.6) is 0 Å². The van der Waals surface area contributed by atoms with E-state index >= 15 is 0 Å². The molecule has 0 heterocycles. The smallest absolute Gasteiger partial charge is 0.0320 e. The summed E-state index contributed by atoms with van der Waals surface area (Å²) in [7, 11) is 0. The van der Waals surface area contributed by atoms with E-state index in [9.17, 15) is 0 Å². The average molecular weight is 233 g/mol. The fourth-order valence-corrected chi connectivity index (χ4v) is 2.16. The summed E-state index contributed by atoms with van der Waals surface area (Å²) in [5.74, 6) is 0.783. The second-order valence-corrected chi connectivity index (χ2v) is 5.18. The van der Waals surface area contributed by atoms with Crippen molar-refractivity contribution in [3.63, 3.8) is 0 Å². The first-order chi connectivity index (χ1) is 8.17. The summed E-state index contributed by atoms with van der Waals surface area (Å²) in [6.45, 7) is 10.0. The molecule has 1 N–H and O–H groups in total. The van der Waals surface area contributed by atoms with E-state index in [4.69, 9.17) is 0 Å². The lowest BCUT2D eigenvalue weighted by Gasteiger charge is -2.20. The van der Waals surface area contributed by atoms with Gasteiger partial charge in [0.2, 0.25) is 0 Å². The van der Waals surface area contributed by atoms with Crippen LogP contribution in [-0.4, -0.2) is 6.54 Å². The number of hydrogen-bond donors (Lipinski definition) is 1. The first-order valence-corrected chi connectivity index (χ1v) is 6.99. The van der Waals surface area contributed by atoms with Crippen LogP contribution < -0.4 is 5.32 Å². The molecule has 0 aliphatic rings. The van der Waals surface area contributed by atoms with Gasteiger partial charge in [-0.15, -0.1) is 0 Å². The van der Waals surface area contributed by atoms with Gasteiger partial charge in [-0.05, 0) is 42.9 Å². The Bertz CT molecular complexity index is 317. The van der Waals surface area contributed by atoms with Crippen molar-refractivity contribution in [3.8, 4) is 0 Å². The Labute approximate surface area is 107 Å². The van der Waals surface area contributed by atoms with Crippen LogP contribution in [0.1, 0.15) is 57.7 Å². The van der Waals surface area contributed by atoms with Crippen molar-refractivity contribution in [1.29, 1.82) is 0 Å². The summed E-state index contributed by atoms with van der Waals surface area (Å²) in [6.07, 6.45) is 3.64. The third-order valence-electron chi connectivity index (χ3n) is 3.24. The lowest BCUT2D eigenvalue weighted by Crippen LogP contribution is -2.21. The van der Waals surface area contributed by atoms with Gasteiger partial charge in [-0.3, -0.25) is 0 Å². The van der Waals surface area contributed by atoms with Gasteiger partial charge >= 0.3 is 0 Å². The van der Waals surface area contributed by atoms with Crippen molar-refractivity contribution < 1.29 is 0 Å². The lowest BCUT2D eigenvalue weighted by atomic mass is 9.96. The average Bonchev–Trinajstić information content (AvgIpc) is 2.34. The highest BCUT2D eigenvalue weighted by atomic mass is 14.9. The Morgan fingerprint density at radius 3 is 2.47 bits per heavy atom. The van der Waals surface area contributed by atoms with E-state index in [0.717, 1.165) is 18.9 Å². The number of nitrogens with one attached hydrogen (secondary N) is 1. The van der Waals surface area contributed by atoms with Crippen LogP contribution in [0.15, 0.2) is 24.3 Å². The molecule has 1 atom stereocenters. The second-order valence-electron chi connectivity index (χ2n) is 5.18. The van der Waals surface area contributed by atoms with Crippen LogP contribution >= 0.6 is 0 Å². The van der Waals surface area contributed by atoms with Gasteiger partial charge in [-0.25, -0.2) is 0 Å². The number of aryl methyl sites for hydroxylation is 1. The van der Waals surface area contributed by atoms with Gasteiger partial charge in [0.15, 0.2) is 0 Å². The van der Waals surface area contributed by atoms with Crippen LogP contribution in [0, 0.1) is 5.92 Å². The third-order valence-corrected chi connectivity index (χ3v) is 3.24. The summed E-state index contributed by atoms with van der Waals surface area (Å²) in [5, 5.41) is 3.61. The molecule has 1 nitrogen and oxygen atoms in total. The van der Waals surface area contributed by atoms with Crippen molar-refractivity contribution in [2.24, 2.45) is 5.92 Å². The standard InChI is InChI=1S/C16H27N/c1-5-14-8-7-9-15(12-14)16(17-6-2)11-10-13(3)4/h7-9,12-13,16-17H,5-6,10-11H2,1-4H3. The third kappa shape index (κ3) is 4.91. The number of benzene rings is 1. The molecule has 0 saturated carbocycles. The normalized spacial score (nSPS) is 13.0. The Morgan fingerprint density at radius 2 is 1.88 bits per heavy atom. The summed E-state index contributed by atoms with van der Waals surface area (Å²) in [6, 6.07) is 9.54. The zero-order valence-corrected chi connectivity index (χ0v) is 11.8. The maximum absolute atomic E-state index is 3.61. The molecule has 0 amide bonds. The van der Waals surface area contributed by atoms with Crippen molar-refractivity contribution in [1.82, 2.24) is 5.32 Å². The second kappa shape index (κ2) is 7.50. The minimum atomic E-state index is 0.522. The van der Waals surface area contributed by atoms with E-state index in [0.29, 0.717) is 6.04 Å². The van der Waals surface area contributed by atoms with Crippen LogP contribution in [0.25, 0.3) is 0 Å². The molecule has 0 aliphatic heterocycles. The fourth-order valence-electron chi connectivity index (χ4n) is 2.16. The Balaban J connectivity index is 2.73. The first-order valence-electron chi connectivity index (χ1n) is 6.99. The Kier molecular flexibility index (Phi) is 6.28. The number of hydrogen-bond acceptors (Lipinski definition) is 1. The first kappa shape index (κ1) is 14.2. The van der Waals surface area contributed by atoms with Crippen LogP contribution in [0.2, 0.25) is 0 Å². The quantitative estimate of drug-likeness (QED) is 0.739. The van der Waals surface area contributed by atoms with Crippen molar-refractivity contribution in [3.05, 3.63) is 35.4 Å². The molecule has 1 aromatic carbocycles. The fraction of sp³-hybridized carbons (Fsp3) is 0.625. The molecule has 1 aromatic rings. The highest BCUT2D eigenvalue weighted by Crippen LogP contribution is 2.22. The highest BCUT2D eigenvalue weighted by Gasteiger charge is 2.11. The zero-order chi connectivity index (χ0) is 12.7. The van der Waals surface area contributed by atoms with E-state index in [1.165, 1.54) is 24.0 Å². The molecule has 0 saturated heterocycles. The predicted octanol–water partition coefficient (Wildman–Crippen LogP) is 4.34. The van der Waals surface area contributed by atoms with Crippen LogP contribution in [0.4, 0.5) is 0 Å². The van der Waals surface area contributed by atoms with Gasteiger partial charge < -0.3 is 5.32 Å². The Morgan fingerprint density at radius 1 is 1.12 bits per heavy atom. The Hall–Kier alpha value is -0.820. The molecule has 0 fully saturated rings. The van der Waals surface area contributed by atoms with Gasteiger partial charge in [0.25, 0.3) is 0 Å². The lowest BCUT2D eigenvalue weighted by molar-refractivity contribution is 0.448. The largest absolute Gasteiger partial charge is 0.310 e. The molecule has 0 radical (unpaired) electrons. The zero-order valence-electron chi connectivity index (χ0n) is 11.8. The highest BCUT2D eigenvalue weighted by molar-refractivity contribution is 5.26. The molecule has 0 bridgehead atoms. The van der Waals surface area contributed by atoms with Crippen LogP contribution in [-0.2, 0) is 6.42 Å². The van der Waals surface area contributed by atoms with Gasteiger partial charge in [0.1, 0.15) is 0 Å². The predicted molar refractivity (Wildman–Crippen MR) is 76.3 cm³/mol. The van der Waals surface area contributed by atoms with E-state index in [1.807, 2.05) is 0 Å². The molecule has 1 rings (SSSR count). The van der Waals surface area contributed by atoms with Crippen molar-refractivity contribution >= 4 is 0 Å². The maximum atomic E-state index is 3.61. The molecule has 0 aromatic heterocycles. The molecular weight excluding hydrogens is 206 g/mol. The molecule has 17 heavy (non-hydrogen) atoms. The van der Waals surface area contributed by atoms with Gasteiger partial charge in [-0.2, -0.15) is 0 Å². The van der Waals surface area contributed by atoms with E-state index in [-0.39, 0.29) is 0 Å². The summed E-state index contributed by atoms with van der Waals surface area (Å²) in [5.41, 5.74) is 2.89. The number of rotatable bonds is 7. The minimum Gasteiger partial charge on any atom is -0.310 e. The monoisotopic (exact) mass is 233 g/mol. The summed E-state index contributed by atoms with van der Waals surface area (Å²) in [4.78, 5) is 0. The maximum Gasteiger partial charge on any atom is 0.0320 e. The molecule has 0 spiro atoms. The van der Waals surface area contributed by atoms with E-state index < -0.39 is 0 Å². The van der Waals surface area contributed by atoms with Crippen molar-refractivity contribution in [2.75, 3.05) is 6.54 Å². The van der Waals surface area contributed by atoms with Crippen molar-refractivity contribution in [2.45, 2.75) is 53.0 Å². The summed E-state index contributed by atoms with van der Waals surface area (Å²) >= 11 is 0. The SMILES string of the molecule is CCNC(CCC(C)C)c1cccc(CC)c1. The summed E-state index contributed by atoms with van der Waals surface area (Å²) < 4.78 is 0. The van der Waals surface area contributed by atoms with Gasteiger partial charge in [0.05, 0.1) is 0 Å². The molecular formula is C16H27N. The topological polar surface area (TPSA) is 12.0 Å². The van der Waals surface area contributed by atoms with E-state index in [1.54, 1.807) is 0 Å². The molecule has 96 valence electrons.